The average molecular weight is 565 g/mol. The van der Waals surface area contributed by atoms with Crippen molar-refractivity contribution in [3.63, 3.8) is 0 Å². The second-order valence-electron chi connectivity index (χ2n) is 9.86. The lowest BCUT2D eigenvalue weighted by Gasteiger charge is -2.20. The van der Waals surface area contributed by atoms with Gasteiger partial charge in [-0.2, -0.15) is 4.98 Å². The molecule has 41 heavy (non-hydrogen) atoms. The Hall–Kier alpha value is -4.30. The minimum atomic E-state index is -1.12. The summed E-state index contributed by atoms with van der Waals surface area (Å²) in [5, 5.41) is 14.6. The zero-order valence-corrected chi connectivity index (χ0v) is 21.8. The van der Waals surface area contributed by atoms with Crippen LogP contribution in [0.1, 0.15) is 40.8 Å². The minimum absolute atomic E-state index is 0.0109. The normalized spacial score (nSPS) is 25.3. The number of carboxylic acids is 1. The van der Waals surface area contributed by atoms with Gasteiger partial charge in [0.2, 0.25) is 0 Å². The maximum absolute atomic E-state index is 13.0. The fraction of sp³-hybridized carbons (Fsp3) is 0.357. The molecule has 0 spiro atoms. The van der Waals surface area contributed by atoms with Crippen LogP contribution in [0.25, 0.3) is 6.08 Å². The van der Waals surface area contributed by atoms with Crippen LogP contribution in [0.2, 0.25) is 0 Å². The molecule has 3 aliphatic rings. The fourth-order valence-corrected chi connectivity index (χ4v) is 4.71. The summed E-state index contributed by atoms with van der Waals surface area (Å²) in [6.45, 7) is -0.0847. The van der Waals surface area contributed by atoms with E-state index in [9.17, 15) is 19.5 Å². The number of ether oxygens (including phenoxy) is 4. The molecule has 1 aromatic carbocycles. The smallest absolute Gasteiger partial charge is 0.351 e. The molecule has 1 saturated carbocycles. The Morgan fingerprint density at radius 1 is 1.10 bits per heavy atom. The van der Waals surface area contributed by atoms with Crippen molar-refractivity contribution in [2.24, 2.45) is 0 Å². The van der Waals surface area contributed by atoms with Gasteiger partial charge in [0.05, 0.1) is 12.9 Å². The molecule has 13 nitrogen and oxygen atoms in total. The lowest BCUT2D eigenvalue weighted by molar-refractivity contribution is -0.141. The van der Waals surface area contributed by atoms with Gasteiger partial charge >= 0.3 is 17.7 Å². The van der Waals surface area contributed by atoms with Crippen molar-refractivity contribution in [1.29, 1.82) is 0 Å². The van der Waals surface area contributed by atoms with Crippen LogP contribution < -0.4 is 16.3 Å². The van der Waals surface area contributed by atoms with Gasteiger partial charge in [-0.25, -0.2) is 14.4 Å². The third-order valence-electron chi connectivity index (χ3n) is 6.86. The highest BCUT2D eigenvalue weighted by molar-refractivity contribution is 5.89. The van der Waals surface area contributed by atoms with Crippen molar-refractivity contribution in [1.82, 2.24) is 14.9 Å². The van der Waals surface area contributed by atoms with E-state index in [1.165, 1.54) is 29.2 Å². The molecule has 214 valence electrons. The largest absolute Gasteiger partial charge is 0.478 e. The van der Waals surface area contributed by atoms with E-state index in [-0.39, 0.29) is 36.4 Å². The van der Waals surface area contributed by atoms with Crippen molar-refractivity contribution in [2.45, 2.75) is 56.3 Å². The first-order valence-electron chi connectivity index (χ1n) is 13.2. The van der Waals surface area contributed by atoms with Gasteiger partial charge in [-0.15, -0.1) is 0 Å². The third kappa shape index (κ3) is 6.23. The van der Waals surface area contributed by atoms with E-state index in [0.717, 1.165) is 18.4 Å². The first-order chi connectivity index (χ1) is 19.9. The Kier molecular flexibility index (Phi) is 7.65. The van der Waals surface area contributed by atoms with Crippen LogP contribution in [0, 0.1) is 0 Å². The number of amides is 2. The number of nitrogens with zero attached hydrogens (tertiary/aromatic N) is 2. The molecule has 2 saturated heterocycles. The molecule has 4 heterocycles. The van der Waals surface area contributed by atoms with Crippen LogP contribution >= 0.6 is 0 Å². The number of nitrogens with one attached hydrogen (secondary N) is 2. The van der Waals surface area contributed by atoms with Gasteiger partial charge in [-0.3, -0.25) is 9.88 Å². The first kappa shape index (κ1) is 26.9. The summed E-state index contributed by atoms with van der Waals surface area (Å²) in [4.78, 5) is 40.4. The van der Waals surface area contributed by atoms with Crippen molar-refractivity contribution >= 4 is 23.9 Å². The standard InChI is InChI=1S/C28H28N4O9/c33-26(34)18-11-13-38-19(18)14-37-15-20-23-24(41-22(40-23)9-6-16-4-2-1-3-5-16)25(39-20)32-12-10-21(31-28(32)36)30-27(35)29-17-7-8-17/h1-6,9-13,17,20,22-25H,7-8,14-15H2,(H,33,34)(H2,29,30,31,35,36)/b9-6+/t20-,22+,23?,24+,25-/m1/s1. The lowest BCUT2D eigenvalue weighted by atomic mass is 10.1. The summed E-state index contributed by atoms with van der Waals surface area (Å²) in [6.07, 6.45) is 4.74. The van der Waals surface area contributed by atoms with Crippen LogP contribution in [0.15, 0.2) is 70.2 Å². The van der Waals surface area contributed by atoms with E-state index in [0.29, 0.717) is 0 Å². The molecular weight excluding hydrogens is 536 g/mol. The highest BCUT2D eigenvalue weighted by atomic mass is 16.8. The quantitative estimate of drug-likeness (QED) is 0.334. The molecule has 1 aliphatic carbocycles. The Morgan fingerprint density at radius 2 is 1.90 bits per heavy atom. The SMILES string of the molecule is O=C(Nc1ccn([C@@H]2O[C@H](COCc3occc3C(=O)O)C3O[C@H](/C=C/c4ccccc4)O[C@@H]32)c(=O)n1)NC1CC1. The number of carbonyl (C=O) groups excluding carboxylic acids is 1. The number of furan rings is 1. The zero-order valence-electron chi connectivity index (χ0n) is 21.8. The zero-order chi connectivity index (χ0) is 28.3. The number of rotatable bonds is 10. The number of anilines is 1. The Bertz CT molecular complexity index is 1480. The summed E-state index contributed by atoms with van der Waals surface area (Å²) in [6, 6.07) is 12.2. The van der Waals surface area contributed by atoms with Crippen molar-refractivity contribution < 1.29 is 38.1 Å². The highest BCUT2D eigenvalue weighted by Gasteiger charge is 2.53. The van der Waals surface area contributed by atoms with Crippen LogP contribution in [-0.4, -0.2) is 63.9 Å². The van der Waals surface area contributed by atoms with Crippen molar-refractivity contribution in [3.8, 4) is 0 Å². The van der Waals surface area contributed by atoms with Crippen LogP contribution in [0.3, 0.4) is 0 Å². The molecule has 6 rings (SSSR count). The number of hydrogen-bond donors (Lipinski definition) is 3. The van der Waals surface area contributed by atoms with Gasteiger partial charge in [0.1, 0.15) is 42.1 Å². The van der Waals surface area contributed by atoms with Gasteiger partial charge in [0.15, 0.2) is 12.5 Å². The van der Waals surface area contributed by atoms with Gasteiger partial charge < -0.3 is 33.8 Å². The summed E-state index contributed by atoms with van der Waals surface area (Å²) in [5.74, 6) is -0.839. The number of carbonyl (C=O) groups is 2. The Balaban J connectivity index is 1.17. The first-order valence-corrected chi connectivity index (χ1v) is 13.2. The average Bonchev–Trinajstić information content (AvgIpc) is 3.33. The van der Waals surface area contributed by atoms with Crippen LogP contribution in [-0.2, 0) is 25.6 Å². The van der Waals surface area contributed by atoms with E-state index in [4.69, 9.17) is 23.4 Å². The molecule has 13 heteroatoms. The Labute approximate surface area is 233 Å². The Morgan fingerprint density at radius 3 is 2.66 bits per heavy atom. The number of aromatic carboxylic acids is 1. The van der Waals surface area contributed by atoms with Gasteiger partial charge in [0, 0.05) is 12.2 Å². The summed E-state index contributed by atoms with van der Waals surface area (Å²) in [7, 11) is 0. The van der Waals surface area contributed by atoms with Gasteiger partial charge in [-0.1, -0.05) is 36.4 Å². The second-order valence-corrected chi connectivity index (χ2v) is 9.86. The molecule has 2 aliphatic heterocycles. The number of benzene rings is 1. The monoisotopic (exact) mass is 564 g/mol. The molecule has 2 aromatic heterocycles. The predicted molar refractivity (Wildman–Crippen MR) is 142 cm³/mol. The molecule has 0 radical (unpaired) electrons. The summed E-state index contributed by atoms with van der Waals surface area (Å²) >= 11 is 0. The molecule has 3 N–H and O–H groups in total. The number of hydrogen-bond acceptors (Lipinski definition) is 9. The van der Waals surface area contributed by atoms with Gasteiger partial charge in [-0.05, 0) is 36.6 Å². The molecule has 2 amide bonds. The topological polar surface area (TPSA) is 163 Å². The molecule has 0 bridgehead atoms. The van der Waals surface area contributed by atoms with Crippen LogP contribution in [0.4, 0.5) is 10.6 Å². The maximum Gasteiger partial charge on any atom is 0.351 e. The maximum atomic E-state index is 13.0. The number of carboxylic acid groups (broad SMARTS) is 1. The molecular formula is C28H28N4O9. The van der Waals surface area contributed by atoms with E-state index in [2.05, 4.69) is 15.6 Å². The summed E-state index contributed by atoms with van der Waals surface area (Å²) < 4.78 is 30.7. The highest BCUT2D eigenvalue weighted by Crippen LogP contribution is 2.39. The second kappa shape index (κ2) is 11.7. The van der Waals surface area contributed by atoms with E-state index in [1.807, 2.05) is 36.4 Å². The minimum Gasteiger partial charge on any atom is -0.478 e. The molecule has 5 atom stereocenters. The summed E-state index contributed by atoms with van der Waals surface area (Å²) in [5.41, 5.74) is 0.330. The predicted octanol–water partition coefficient (Wildman–Crippen LogP) is 2.76. The van der Waals surface area contributed by atoms with Crippen LogP contribution in [0.5, 0.6) is 0 Å². The number of fused-ring (bicyclic) bond motifs is 1. The van der Waals surface area contributed by atoms with Gasteiger partial charge in [0.25, 0.3) is 0 Å². The van der Waals surface area contributed by atoms with Crippen molar-refractivity contribution in [3.05, 3.63) is 88.4 Å². The molecule has 1 unspecified atom stereocenters. The fourth-order valence-electron chi connectivity index (χ4n) is 4.71. The van der Waals surface area contributed by atoms with E-state index < -0.39 is 48.5 Å². The third-order valence-corrected chi connectivity index (χ3v) is 6.86. The van der Waals surface area contributed by atoms with E-state index in [1.54, 1.807) is 6.08 Å². The van der Waals surface area contributed by atoms with E-state index >= 15 is 0 Å². The molecule has 3 fully saturated rings. The number of urea groups is 1. The molecule has 3 aromatic rings. The lowest BCUT2D eigenvalue weighted by Crippen LogP contribution is -2.36. The van der Waals surface area contributed by atoms with Crippen molar-refractivity contribution in [2.75, 3.05) is 11.9 Å². The number of aromatic nitrogens is 2.